The number of anilines is 1. The molecule has 0 atom stereocenters. The van der Waals surface area contributed by atoms with Crippen LogP contribution in [0.5, 0.6) is 0 Å². The zero-order valence-corrected chi connectivity index (χ0v) is 27.1. The predicted molar refractivity (Wildman–Crippen MR) is 179 cm³/mol. The van der Waals surface area contributed by atoms with Crippen LogP contribution >= 0.6 is 23.2 Å². The maximum absolute atomic E-state index is 11.5. The Morgan fingerprint density at radius 1 is 1.07 bits per heavy atom. The summed E-state index contributed by atoms with van der Waals surface area (Å²) in [4.78, 5) is 13.4. The summed E-state index contributed by atoms with van der Waals surface area (Å²) in [6.07, 6.45) is 7.36. The highest BCUT2D eigenvalue weighted by Gasteiger charge is 2.45. The number of β-amino-alcohol motifs (C(OH)–C–C–N with tert-alkyl or cyclic N) is 1. The third kappa shape index (κ3) is 5.45. The zero-order valence-electron chi connectivity index (χ0n) is 25.6. The minimum Gasteiger partial charge on any atom is -0.481 e. The van der Waals surface area contributed by atoms with Crippen molar-refractivity contribution in [1.82, 2.24) is 0 Å². The normalized spacial score (nSPS) is 17.9. The van der Waals surface area contributed by atoms with E-state index in [1.165, 1.54) is 16.5 Å². The molecule has 8 heteroatoms. The molecule has 0 aromatic heterocycles. The molecule has 5 rings (SSSR count). The van der Waals surface area contributed by atoms with Crippen LogP contribution in [-0.2, 0) is 15.6 Å². The Hall–Kier alpha value is -3.89. The lowest BCUT2D eigenvalue weighted by molar-refractivity contribution is -0.440. The van der Waals surface area contributed by atoms with E-state index >= 15 is 0 Å². The largest absolute Gasteiger partial charge is 0.481 e. The predicted octanol–water partition coefficient (Wildman–Crippen LogP) is 7.99. The van der Waals surface area contributed by atoms with Gasteiger partial charge < -0.3 is 15.1 Å². The average Bonchev–Trinajstić information content (AvgIpc) is 3.30. The minimum atomic E-state index is -0.903. The first kappa shape index (κ1) is 31.5. The molecule has 2 aliphatic heterocycles. The summed E-state index contributed by atoms with van der Waals surface area (Å²) in [7, 11) is 0. The first-order chi connectivity index (χ1) is 20.8. The van der Waals surface area contributed by atoms with Crippen molar-refractivity contribution in [3.05, 3.63) is 105 Å². The Labute approximate surface area is 268 Å². The summed E-state index contributed by atoms with van der Waals surface area (Å²) in [5, 5.41) is 32.7. The van der Waals surface area contributed by atoms with Crippen molar-refractivity contribution < 1.29 is 19.6 Å². The second kappa shape index (κ2) is 11.9. The van der Waals surface area contributed by atoms with Crippen molar-refractivity contribution in [2.24, 2.45) is 0 Å². The Morgan fingerprint density at radius 3 is 2.45 bits per heavy atom. The highest BCUT2D eigenvalue weighted by atomic mass is 35.5. The number of benzene rings is 3. The van der Waals surface area contributed by atoms with Gasteiger partial charge in [0.2, 0.25) is 5.69 Å². The fourth-order valence-electron chi connectivity index (χ4n) is 6.62. The molecule has 0 aliphatic carbocycles. The average molecular weight is 630 g/mol. The molecular weight excluding hydrogens is 593 g/mol. The third-order valence-electron chi connectivity index (χ3n) is 8.78. The van der Waals surface area contributed by atoms with Gasteiger partial charge in [-0.25, -0.2) is 0 Å². The standard InChI is InChI=1S/C36H35Cl2N3O3/c1-22-6-9-24-10-11-29-34(25(24)18-22)36(4,5)32(41(29)16-17-42)13-8-23(21-39)7-12-31-35(2,3)26-19-27(37)28(38)20-30(26)40(31)15-14-33(43)44/h6-13,18-20,42H,14-17H2,1-5H3/p+1. The molecule has 3 aromatic carbocycles. The Bertz CT molecular complexity index is 1860. The molecule has 6 nitrogen and oxygen atoms in total. The lowest BCUT2D eigenvalue weighted by Gasteiger charge is -2.26. The molecule has 2 N–H and O–H groups in total. The van der Waals surface area contributed by atoms with Crippen LogP contribution in [0.1, 0.15) is 50.8 Å². The fraction of sp³-hybridized carbons (Fsp3) is 0.306. The molecule has 0 saturated heterocycles. The van der Waals surface area contributed by atoms with Crippen LogP contribution in [0.4, 0.5) is 11.4 Å². The summed E-state index contributed by atoms with van der Waals surface area (Å²) in [5.41, 5.74) is 6.57. The van der Waals surface area contributed by atoms with E-state index in [4.69, 9.17) is 23.2 Å². The minimum absolute atomic E-state index is 0.0123. The second-order valence-corrected chi connectivity index (χ2v) is 13.2. The number of carboxylic acid groups (broad SMARTS) is 1. The number of halogens is 2. The van der Waals surface area contributed by atoms with E-state index in [0.717, 1.165) is 33.7 Å². The number of hydrogen-bond donors (Lipinski definition) is 2. The first-order valence-corrected chi connectivity index (χ1v) is 15.4. The van der Waals surface area contributed by atoms with E-state index in [2.05, 4.69) is 61.7 Å². The van der Waals surface area contributed by atoms with Crippen LogP contribution in [0.2, 0.25) is 10.0 Å². The summed E-state index contributed by atoms with van der Waals surface area (Å²) >= 11 is 12.7. The number of allylic oxidation sites excluding steroid dienone is 6. The third-order valence-corrected chi connectivity index (χ3v) is 9.50. The van der Waals surface area contributed by atoms with Gasteiger partial charge in [-0.1, -0.05) is 60.8 Å². The summed E-state index contributed by atoms with van der Waals surface area (Å²) in [6.45, 7) is 11.2. The van der Waals surface area contributed by atoms with E-state index < -0.39 is 11.4 Å². The quantitative estimate of drug-likeness (QED) is 0.150. The smallest absolute Gasteiger partial charge is 0.305 e. The number of carbonyl (C=O) groups is 1. The van der Waals surface area contributed by atoms with Gasteiger partial charge in [0.05, 0.1) is 33.5 Å². The number of fused-ring (bicyclic) bond motifs is 4. The van der Waals surface area contributed by atoms with Crippen LogP contribution in [0.3, 0.4) is 0 Å². The number of aliphatic hydroxyl groups excluding tert-OH is 1. The second-order valence-electron chi connectivity index (χ2n) is 12.4. The van der Waals surface area contributed by atoms with Gasteiger partial charge in [-0.15, -0.1) is 0 Å². The van der Waals surface area contributed by atoms with Gasteiger partial charge in [-0.3, -0.25) is 4.79 Å². The van der Waals surface area contributed by atoms with E-state index in [1.54, 1.807) is 12.1 Å². The Balaban J connectivity index is 1.56. The molecule has 0 saturated carbocycles. The van der Waals surface area contributed by atoms with Crippen LogP contribution in [-0.4, -0.2) is 46.2 Å². The van der Waals surface area contributed by atoms with Crippen molar-refractivity contribution in [3.63, 3.8) is 0 Å². The molecule has 44 heavy (non-hydrogen) atoms. The summed E-state index contributed by atoms with van der Waals surface area (Å²) in [5.74, 6) is -0.903. The SMILES string of the molecule is Cc1ccc2ccc3c(c2c1)C(C)(C)C(C=CC(C#N)=CC=C1N(CCC(=O)O)c2cc(Cl)c(Cl)cc2C1(C)C)=[N+]3CCO. The molecule has 0 radical (unpaired) electrons. The van der Waals surface area contributed by atoms with E-state index in [1.807, 2.05) is 43.0 Å². The van der Waals surface area contributed by atoms with Gasteiger partial charge in [-0.2, -0.15) is 9.84 Å². The maximum Gasteiger partial charge on any atom is 0.305 e. The topological polar surface area (TPSA) is 87.6 Å². The number of aliphatic hydroxyl groups is 1. The molecule has 0 unspecified atom stereocenters. The molecule has 2 heterocycles. The van der Waals surface area contributed by atoms with Crippen molar-refractivity contribution in [2.75, 3.05) is 24.6 Å². The van der Waals surface area contributed by atoms with Crippen LogP contribution in [0.25, 0.3) is 10.8 Å². The van der Waals surface area contributed by atoms with Crippen molar-refractivity contribution in [2.45, 2.75) is 51.9 Å². The van der Waals surface area contributed by atoms with Gasteiger partial charge in [0.15, 0.2) is 12.3 Å². The molecule has 2 aliphatic rings. The monoisotopic (exact) mass is 628 g/mol. The van der Waals surface area contributed by atoms with Gasteiger partial charge >= 0.3 is 5.97 Å². The fourth-order valence-corrected chi connectivity index (χ4v) is 6.94. The van der Waals surface area contributed by atoms with E-state index in [9.17, 15) is 20.3 Å². The van der Waals surface area contributed by atoms with Gasteiger partial charge in [0.1, 0.15) is 6.61 Å². The molecule has 0 spiro atoms. The highest BCUT2D eigenvalue weighted by molar-refractivity contribution is 6.42. The Kier molecular flexibility index (Phi) is 8.52. The van der Waals surface area contributed by atoms with Crippen LogP contribution in [0, 0.1) is 18.3 Å². The zero-order chi connectivity index (χ0) is 32.0. The van der Waals surface area contributed by atoms with Gasteiger partial charge in [-0.05, 0) is 73.5 Å². The number of nitriles is 1. The van der Waals surface area contributed by atoms with Crippen molar-refractivity contribution in [3.8, 4) is 6.07 Å². The molecule has 3 aromatic rings. The molecule has 0 fully saturated rings. The number of hydrogen-bond acceptors (Lipinski definition) is 4. The lowest BCUT2D eigenvalue weighted by atomic mass is 9.78. The van der Waals surface area contributed by atoms with Crippen molar-refractivity contribution >= 4 is 57.0 Å². The molecule has 0 bridgehead atoms. The van der Waals surface area contributed by atoms with Crippen molar-refractivity contribution in [1.29, 1.82) is 5.26 Å². The highest BCUT2D eigenvalue weighted by Crippen LogP contribution is 2.50. The summed E-state index contributed by atoms with van der Waals surface area (Å²) < 4.78 is 2.14. The number of aryl methyl sites for hydroxylation is 1. The summed E-state index contributed by atoms with van der Waals surface area (Å²) in [6, 6.07) is 16.6. The van der Waals surface area contributed by atoms with E-state index in [-0.39, 0.29) is 25.0 Å². The van der Waals surface area contributed by atoms with E-state index in [0.29, 0.717) is 22.2 Å². The first-order valence-electron chi connectivity index (χ1n) is 14.6. The number of aliphatic carboxylic acids is 1. The maximum atomic E-state index is 11.5. The molecule has 226 valence electrons. The molecular formula is C36H36Cl2N3O3+. The number of carboxylic acids is 1. The van der Waals surface area contributed by atoms with Crippen LogP contribution in [0.15, 0.2) is 78.0 Å². The van der Waals surface area contributed by atoms with Crippen LogP contribution < -0.4 is 4.90 Å². The van der Waals surface area contributed by atoms with Gasteiger partial charge in [0, 0.05) is 41.1 Å². The lowest BCUT2D eigenvalue weighted by Crippen LogP contribution is -2.28. The van der Waals surface area contributed by atoms with Gasteiger partial charge in [0.25, 0.3) is 0 Å². The number of rotatable bonds is 8. The number of nitrogens with zero attached hydrogens (tertiary/aromatic N) is 3. The Morgan fingerprint density at radius 2 is 1.77 bits per heavy atom. The molecule has 0 amide bonds.